The predicted octanol–water partition coefficient (Wildman–Crippen LogP) is 3.06. The fraction of sp³-hybridized carbons (Fsp3) is 0.364. The van der Waals surface area contributed by atoms with Gasteiger partial charge in [0.25, 0.3) is 0 Å². The quantitative estimate of drug-likeness (QED) is 0.409. The van der Waals surface area contributed by atoms with Crippen molar-refractivity contribution in [3.63, 3.8) is 0 Å². The van der Waals surface area contributed by atoms with Crippen molar-refractivity contribution in [1.29, 1.82) is 0 Å². The third-order valence-corrected chi connectivity index (χ3v) is 5.91. The molecule has 0 heterocycles. The number of esters is 1. The van der Waals surface area contributed by atoms with Crippen LogP contribution < -0.4 is 15.4 Å². The molecule has 168 valence electrons. The van der Waals surface area contributed by atoms with Gasteiger partial charge in [-0.15, -0.1) is 0 Å². The lowest BCUT2D eigenvalue weighted by molar-refractivity contribution is -0.137. The molecule has 0 saturated heterocycles. The minimum Gasteiger partial charge on any atom is -0.468 e. The highest BCUT2D eigenvalue weighted by Crippen LogP contribution is 2.22. The summed E-state index contributed by atoms with van der Waals surface area (Å²) in [7, 11) is -2.69. The molecule has 0 aliphatic rings. The summed E-state index contributed by atoms with van der Waals surface area (Å²) < 4.78 is 30.7. The number of hydrogen-bond donors (Lipinski definition) is 3. The lowest BCUT2D eigenvalue weighted by Gasteiger charge is -2.19. The Balaban J connectivity index is 1.85. The number of anilines is 1. The molecule has 0 amide bonds. The van der Waals surface area contributed by atoms with E-state index in [1.165, 1.54) is 5.56 Å². The molecule has 0 spiro atoms. The van der Waals surface area contributed by atoms with Crippen LogP contribution in [0.25, 0.3) is 0 Å². The van der Waals surface area contributed by atoms with Crippen molar-refractivity contribution in [1.82, 2.24) is 10.6 Å². The maximum Gasteiger partial charge on any atom is 0.322 e. The standard InChI is InChI=1S/C22H29N3O4S2/c1-22(2,3)18-10-8-16(9-11-18)13-23-21(30)24-14-17-6-5-7-19(12-17)25-31(27,28)15-20(26)29-4/h5-12,25H,13-15H2,1-4H3,(H2,23,24,30). The fourth-order valence-corrected chi connectivity index (χ4v) is 3.86. The van der Waals surface area contributed by atoms with Crippen LogP contribution in [0.1, 0.15) is 37.5 Å². The molecule has 9 heteroatoms. The molecule has 31 heavy (non-hydrogen) atoms. The predicted molar refractivity (Wildman–Crippen MR) is 127 cm³/mol. The van der Waals surface area contributed by atoms with Crippen LogP contribution in [0.3, 0.4) is 0 Å². The van der Waals surface area contributed by atoms with Crippen LogP contribution in [0.2, 0.25) is 0 Å². The van der Waals surface area contributed by atoms with Crippen molar-refractivity contribution in [2.75, 3.05) is 17.6 Å². The topological polar surface area (TPSA) is 96.5 Å². The van der Waals surface area contributed by atoms with Crippen LogP contribution in [0.5, 0.6) is 0 Å². The first-order valence-electron chi connectivity index (χ1n) is 9.76. The summed E-state index contributed by atoms with van der Waals surface area (Å²) in [6, 6.07) is 15.3. The van der Waals surface area contributed by atoms with Crippen molar-refractivity contribution >= 4 is 39.0 Å². The second-order valence-corrected chi connectivity index (χ2v) is 10.3. The number of carbonyl (C=O) groups excluding carboxylic acids is 1. The third kappa shape index (κ3) is 8.55. The molecule has 2 aromatic rings. The molecule has 7 nitrogen and oxygen atoms in total. The van der Waals surface area contributed by atoms with Gasteiger partial charge in [0.1, 0.15) is 0 Å². The lowest BCUT2D eigenvalue weighted by atomic mass is 9.87. The Kier molecular flexibility index (Phi) is 8.41. The molecular weight excluding hydrogens is 434 g/mol. The third-order valence-electron chi connectivity index (χ3n) is 4.46. The average molecular weight is 464 g/mol. The van der Waals surface area contributed by atoms with E-state index in [4.69, 9.17) is 12.2 Å². The first-order valence-corrected chi connectivity index (χ1v) is 11.8. The second kappa shape index (κ2) is 10.6. The van der Waals surface area contributed by atoms with Crippen molar-refractivity contribution in [3.05, 3.63) is 65.2 Å². The van der Waals surface area contributed by atoms with Gasteiger partial charge in [-0.1, -0.05) is 57.2 Å². The molecular formula is C22H29N3O4S2. The van der Waals surface area contributed by atoms with Crippen LogP contribution in [0.4, 0.5) is 5.69 Å². The number of rotatable bonds is 8. The molecule has 2 aromatic carbocycles. The van der Waals surface area contributed by atoms with Crippen LogP contribution in [0, 0.1) is 0 Å². The highest BCUT2D eigenvalue weighted by molar-refractivity contribution is 7.93. The van der Waals surface area contributed by atoms with Gasteiger partial charge in [-0.05, 0) is 46.5 Å². The van der Waals surface area contributed by atoms with Gasteiger partial charge in [0.2, 0.25) is 10.0 Å². The summed E-state index contributed by atoms with van der Waals surface area (Å²) >= 11 is 5.33. The van der Waals surface area contributed by atoms with Gasteiger partial charge in [0, 0.05) is 18.8 Å². The number of benzene rings is 2. The zero-order valence-corrected chi connectivity index (χ0v) is 19.8. The van der Waals surface area contributed by atoms with Gasteiger partial charge in [0.15, 0.2) is 10.9 Å². The van der Waals surface area contributed by atoms with Crippen molar-refractivity contribution in [2.24, 2.45) is 0 Å². The Labute approximate surface area is 189 Å². The van der Waals surface area contributed by atoms with E-state index in [2.05, 4.69) is 65.1 Å². The van der Waals surface area contributed by atoms with Gasteiger partial charge in [0.05, 0.1) is 7.11 Å². The molecule has 0 aromatic heterocycles. The Morgan fingerprint density at radius 2 is 1.61 bits per heavy atom. The van der Waals surface area contributed by atoms with E-state index in [9.17, 15) is 13.2 Å². The average Bonchev–Trinajstić information content (AvgIpc) is 2.69. The number of methoxy groups -OCH3 is 1. The van der Waals surface area contributed by atoms with E-state index in [1.807, 2.05) is 6.07 Å². The number of hydrogen-bond acceptors (Lipinski definition) is 5. The van der Waals surface area contributed by atoms with Gasteiger partial charge in [-0.3, -0.25) is 9.52 Å². The maximum absolute atomic E-state index is 12.0. The van der Waals surface area contributed by atoms with E-state index in [0.717, 1.165) is 18.2 Å². The van der Waals surface area contributed by atoms with E-state index in [0.29, 0.717) is 23.9 Å². The van der Waals surface area contributed by atoms with Gasteiger partial charge < -0.3 is 15.4 Å². The highest BCUT2D eigenvalue weighted by atomic mass is 32.2. The van der Waals surface area contributed by atoms with Gasteiger partial charge >= 0.3 is 5.97 Å². The van der Waals surface area contributed by atoms with Crippen LogP contribution >= 0.6 is 12.2 Å². The number of thiocarbonyl (C=S) groups is 1. The lowest BCUT2D eigenvalue weighted by Crippen LogP contribution is -2.34. The summed E-state index contributed by atoms with van der Waals surface area (Å²) in [6.07, 6.45) is 0. The Morgan fingerprint density at radius 1 is 1.00 bits per heavy atom. The number of ether oxygens (including phenoxy) is 1. The van der Waals surface area contributed by atoms with Crippen LogP contribution in [-0.4, -0.2) is 32.4 Å². The first-order chi connectivity index (χ1) is 14.5. The van der Waals surface area contributed by atoms with Crippen molar-refractivity contribution in [3.8, 4) is 0 Å². The van der Waals surface area contributed by atoms with Crippen LogP contribution in [-0.2, 0) is 38.1 Å². The number of carbonyl (C=O) groups is 1. The largest absolute Gasteiger partial charge is 0.468 e. The number of sulfonamides is 1. The van der Waals surface area contributed by atoms with Gasteiger partial charge in [-0.2, -0.15) is 0 Å². The minimum atomic E-state index is -3.83. The molecule has 0 radical (unpaired) electrons. The van der Waals surface area contributed by atoms with E-state index < -0.39 is 21.7 Å². The molecule has 0 fully saturated rings. The molecule has 0 aliphatic heterocycles. The van der Waals surface area contributed by atoms with E-state index >= 15 is 0 Å². The summed E-state index contributed by atoms with van der Waals surface area (Å²) in [5.74, 6) is -1.56. The molecule has 2 rings (SSSR count). The van der Waals surface area contributed by atoms with E-state index in [1.54, 1.807) is 18.2 Å². The van der Waals surface area contributed by atoms with Crippen molar-refractivity contribution in [2.45, 2.75) is 39.3 Å². The minimum absolute atomic E-state index is 0.116. The van der Waals surface area contributed by atoms with E-state index in [-0.39, 0.29) is 5.41 Å². The summed E-state index contributed by atoms with van der Waals surface area (Å²) in [6.45, 7) is 7.56. The summed E-state index contributed by atoms with van der Waals surface area (Å²) in [5, 5.41) is 6.77. The summed E-state index contributed by atoms with van der Waals surface area (Å²) in [4.78, 5) is 11.2. The zero-order valence-electron chi connectivity index (χ0n) is 18.2. The Morgan fingerprint density at radius 3 is 2.19 bits per heavy atom. The maximum atomic E-state index is 12.0. The summed E-state index contributed by atoms with van der Waals surface area (Å²) in [5.41, 5.74) is 3.71. The highest BCUT2D eigenvalue weighted by Gasteiger charge is 2.17. The molecule has 0 unspecified atom stereocenters. The second-order valence-electron chi connectivity index (χ2n) is 8.12. The fourth-order valence-electron chi connectivity index (χ4n) is 2.72. The first kappa shape index (κ1) is 24.6. The number of nitrogens with one attached hydrogen (secondary N) is 3. The monoisotopic (exact) mass is 463 g/mol. The molecule has 0 bridgehead atoms. The normalized spacial score (nSPS) is 11.5. The molecule has 0 atom stereocenters. The van der Waals surface area contributed by atoms with Gasteiger partial charge in [-0.25, -0.2) is 8.42 Å². The van der Waals surface area contributed by atoms with Crippen molar-refractivity contribution < 1.29 is 17.9 Å². The molecule has 0 aliphatic carbocycles. The molecule has 3 N–H and O–H groups in total. The smallest absolute Gasteiger partial charge is 0.322 e. The zero-order chi connectivity index (χ0) is 23.1. The SMILES string of the molecule is COC(=O)CS(=O)(=O)Nc1cccc(CNC(=S)NCc2ccc(C(C)(C)C)cc2)c1. The Bertz CT molecular complexity index is 1010. The molecule has 0 saturated carbocycles. The van der Waals surface area contributed by atoms with Crippen LogP contribution in [0.15, 0.2) is 48.5 Å². The Hall–Kier alpha value is -2.65.